The van der Waals surface area contributed by atoms with E-state index in [2.05, 4.69) is 10.6 Å². The van der Waals surface area contributed by atoms with Gasteiger partial charge in [0.2, 0.25) is 0 Å². The number of amides is 2. The van der Waals surface area contributed by atoms with Gasteiger partial charge in [-0.25, -0.2) is 8.78 Å². The Morgan fingerprint density at radius 3 is 2.43 bits per heavy atom. The summed E-state index contributed by atoms with van der Waals surface area (Å²) >= 11 is 0. The topological polar surface area (TPSA) is 78.4 Å². The molecule has 0 radical (unpaired) electrons. The van der Waals surface area contributed by atoms with E-state index in [1.54, 1.807) is 0 Å². The van der Waals surface area contributed by atoms with Gasteiger partial charge in [0.05, 0.1) is 0 Å². The van der Waals surface area contributed by atoms with E-state index in [0.717, 1.165) is 24.6 Å². The van der Waals surface area contributed by atoms with Crippen molar-refractivity contribution in [3.8, 4) is 0 Å². The van der Waals surface area contributed by atoms with Crippen LogP contribution in [0.4, 0.5) is 14.5 Å². The lowest BCUT2D eigenvalue weighted by molar-refractivity contribution is -0.136. The van der Waals surface area contributed by atoms with Crippen LogP contribution in [0.2, 0.25) is 0 Å². The van der Waals surface area contributed by atoms with Gasteiger partial charge in [-0.3, -0.25) is 9.59 Å². The summed E-state index contributed by atoms with van der Waals surface area (Å²) in [4.78, 5) is 23.5. The van der Waals surface area contributed by atoms with E-state index in [0.29, 0.717) is 12.3 Å². The van der Waals surface area contributed by atoms with Gasteiger partial charge in [0.25, 0.3) is 0 Å². The Morgan fingerprint density at radius 1 is 1.17 bits per heavy atom. The largest absolute Gasteiger partial charge is 0.396 e. The summed E-state index contributed by atoms with van der Waals surface area (Å²) in [6.07, 6.45) is 1.34. The summed E-state index contributed by atoms with van der Waals surface area (Å²) in [5.74, 6) is -3.49. The van der Waals surface area contributed by atoms with Gasteiger partial charge in [-0.2, -0.15) is 0 Å². The van der Waals surface area contributed by atoms with Gasteiger partial charge in [0.1, 0.15) is 0 Å². The van der Waals surface area contributed by atoms with Crippen LogP contribution in [0, 0.1) is 23.5 Å². The zero-order valence-corrected chi connectivity index (χ0v) is 13.2. The molecule has 1 unspecified atom stereocenters. The van der Waals surface area contributed by atoms with Gasteiger partial charge < -0.3 is 15.7 Å². The second kappa shape index (κ2) is 9.19. The summed E-state index contributed by atoms with van der Waals surface area (Å²) in [5, 5.41) is 13.7. The van der Waals surface area contributed by atoms with Crippen LogP contribution in [0.5, 0.6) is 0 Å². The standard InChI is InChI=1S/C16H22F2N2O3/c1-10(2)7-11(5-6-21)9-19-15(22)16(23)20-12-3-4-13(17)14(18)8-12/h3-4,8,10-11,21H,5-7,9H2,1-2H3,(H,19,22)(H,20,23). The zero-order valence-electron chi connectivity index (χ0n) is 13.2. The number of carbonyl (C=O) groups is 2. The lowest BCUT2D eigenvalue weighted by atomic mass is 9.94. The van der Waals surface area contributed by atoms with Crippen molar-refractivity contribution < 1.29 is 23.5 Å². The zero-order chi connectivity index (χ0) is 17.4. The highest BCUT2D eigenvalue weighted by molar-refractivity contribution is 6.39. The Balaban J connectivity index is 2.52. The molecule has 1 rings (SSSR count). The van der Waals surface area contributed by atoms with Gasteiger partial charge in [-0.15, -0.1) is 0 Å². The van der Waals surface area contributed by atoms with Crippen LogP contribution in [-0.4, -0.2) is 30.1 Å². The fourth-order valence-corrected chi connectivity index (χ4v) is 2.23. The third kappa shape index (κ3) is 6.73. The van der Waals surface area contributed by atoms with Crippen molar-refractivity contribution in [3.63, 3.8) is 0 Å². The lowest BCUT2D eigenvalue weighted by Gasteiger charge is -2.18. The van der Waals surface area contributed by atoms with Crippen LogP contribution in [-0.2, 0) is 9.59 Å². The van der Waals surface area contributed by atoms with Crippen LogP contribution in [0.25, 0.3) is 0 Å². The molecule has 0 aliphatic heterocycles. The number of hydrogen-bond acceptors (Lipinski definition) is 3. The number of carbonyl (C=O) groups excluding carboxylic acids is 2. The van der Waals surface area contributed by atoms with Crippen molar-refractivity contribution in [3.05, 3.63) is 29.8 Å². The van der Waals surface area contributed by atoms with E-state index < -0.39 is 23.4 Å². The van der Waals surface area contributed by atoms with Crippen molar-refractivity contribution >= 4 is 17.5 Å². The molecule has 0 aromatic heterocycles. The summed E-state index contributed by atoms with van der Waals surface area (Å²) in [7, 11) is 0. The van der Waals surface area contributed by atoms with E-state index in [1.165, 1.54) is 0 Å². The molecule has 5 nitrogen and oxygen atoms in total. The fourth-order valence-electron chi connectivity index (χ4n) is 2.23. The molecular formula is C16H22F2N2O3. The van der Waals surface area contributed by atoms with E-state index in [1.807, 2.05) is 13.8 Å². The third-order valence-electron chi connectivity index (χ3n) is 3.28. The molecule has 23 heavy (non-hydrogen) atoms. The van der Waals surface area contributed by atoms with Crippen LogP contribution in [0.3, 0.4) is 0 Å². The number of rotatable bonds is 7. The first-order valence-corrected chi connectivity index (χ1v) is 7.48. The molecule has 0 saturated carbocycles. The molecule has 1 aromatic rings. The monoisotopic (exact) mass is 328 g/mol. The molecule has 2 amide bonds. The van der Waals surface area contributed by atoms with E-state index in [-0.39, 0.29) is 24.8 Å². The minimum absolute atomic E-state index is 0.00172. The molecule has 0 heterocycles. The quantitative estimate of drug-likeness (QED) is 0.671. The Labute approximate surface area is 134 Å². The molecule has 0 aliphatic rings. The molecule has 0 bridgehead atoms. The van der Waals surface area contributed by atoms with Crippen molar-refractivity contribution in [1.29, 1.82) is 0 Å². The summed E-state index contributed by atoms with van der Waals surface area (Å²) < 4.78 is 25.8. The number of nitrogens with one attached hydrogen (secondary N) is 2. The number of benzene rings is 1. The van der Waals surface area contributed by atoms with Crippen molar-refractivity contribution in [2.24, 2.45) is 11.8 Å². The minimum atomic E-state index is -1.11. The molecule has 0 spiro atoms. The Hall–Kier alpha value is -2.02. The van der Waals surface area contributed by atoms with Crippen LogP contribution in [0.15, 0.2) is 18.2 Å². The van der Waals surface area contributed by atoms with Crippen molar-refractivity contribution in [1.82, 2.24) is 5.32 Å². The van der Waals surface area contributed by atoms with Crippen molar-refractivity contribution in [2.75, 3.05) is 18.5 Å². The Kier molecular flexibility index (Phi) is 7.61. The average Bonchev–Trinajstić information content (AvgIpc) is 2.48. The molecule has 1 atom stereocenters. The second-order valence-electron chi connectivity index (χ2n) is 5.80. The highest BCUT2D eigenvalue weighted by Crippen LogP contribution is 2.15. The maximum absolute atomic E-state index is 13.0. The number of aliphatic hydroxyl groups excluding tert-OH is 1. The second-order valence-corrected chi connectivity index (χ2v) is 5.80. The predicted molar refractivity (Wildman–Crippen MR) is 82.6 cm³/mol. The maximum atomic E-state index is 13.0. The third-order valence-corrected chi connectivity index (χ3v) is 3.28. The molecule has 0 fully saturated rings. The minimum Gasteiger partial charge on any atom is -0.396 e. The Bertz CT molecular complexity index is 550. The summed E-state index contributed by atoms with van der Waals surface area (Å²) in [6, 6.07) is 2.83. The number of halogens is 2. The highest BCUT2D eigenvalue weighted by Gasteiger charge is 2.17. The normalized spacial score (nSPS) is 12.1. The van der Waals surface area contributed by atoms with Gasteiger partial charge in [-0.1, -0.05) is 13.8 Å². The van der Waals surface area contributed by atoms with Crippen LogP contribution >= 0.6 is 0 Å². The first kappa shape index (κ1) is 19.0. The number of anilines is 1. The van der Waals surface area contributed by atoms with Gasteiger partial charge in [0, 0.05) is 24.9 Å². The molecule has 3 N–H and O–H groups in total. The van der Waals surface area contributed by atoms with Gasteiger partial charge >= 0.3 is 11.8 Å². The molecular weight excluding hydrogens is 306 g/mol. The molecule has 1 aromatic carbocycles. The summed E-state index contributed by atoms with van der Waals surface area (Å²) in [5.41, 5.74) is -0.00172. The predicted octanol–water partition coefficient (Wildman–Crippen LogP) is 2.06. The first-order valence-electron chi connectivity index (χ1n) is 7.48. The molecule has 128 valence electrons. The fraction of sp³-hybridized carbons (Fsp3) is 0.500. The van der Waals surface area contributed by atoms with E-state index in [9.17, 15) is 18.4 Å². The summed E-state index contributed by atoms with van der Waals surface area (Å²) in [6.45, 7) is 4.33. The molecule has 7 heteroatoms. The van der Waals surface area contributed by atoms with Crippen LogP contribution in [0.1, 0.15) is 26.7 Å². The number of hydrogen-bond donors (Lipinski definition) is 3. The SMILES string of the molecule is CC(C)CC(CCO)CNC(=O)C(=O)Nc1ccc(F)c(F)c1. The van der Waals surface area contributed by atoms with E-state index in [4.69, 9.17) is 5.11 Å². The van der Waals surface area contributed by atoms with Gasteiger partial charge in [-0.05, 0) is 36.8 Å². The molecule has 0 aliphatic carbocycles. The smallest absolute Gasteiger partial charge is 0.313 e. The lowest BCUT2D eigenvalue weighted by Crippen LogP contribution is -2.38. The highest BCUT2D eigenvalue weighted by atomic mass is 19.2. The number of aliphatic hydroxyl groups is 1. The maximum Gasteiger partial charge on any atom is 0.313 e. The average molecular weight is 328 g/mol. The first-order chi connectivity index (χ1) is 10.8. The molecule has 0 saturated heterocycles. The van der Waals surface area contributed by atoms with Crippen LogP contribution < -0.4 is 10.6 Å². The van der Waals surface area contributed by atoms with E-state index >= 15 is 0 Å². The van der Waals surface area contributed by atoms with Gasteiger partial charge in [0.15, 0.2) is 11.6 Å². The van der Waals surface area contributed by atoms with Crippen molar-refractivity contribution in [2.45, 2.75) is 26.7 Å². The Morgan fingerprint density at radius 2 is 1.87 bits per heavy atom.